The number of carbonyl (C=O) groups excluding carboxylic acids is 1. The lowest BCUT2D eigenvalue weighted by Crippen LogP contribution is -2.58. The topological polar surface area (TPSA) is 23.6 Å². The molecule has 1 heterocycles. The Balaban J connectivity index is 1.41. The van der Waals surface area contributed by atoms with Crippen molar-refractivity contribution in [3.63, 3.8) is 0 Å². The molecule has 3 heteroatoms. The molecule has 1 saturated heterocycles. The smallest absolute Gasteiger partial charge is 0.227 e. The summed E-state index contributed by atoms with van der Waals surface area (Å²) in [6.07, 6.45) is 0.452. The highest BCUT2D eigenvalue weighted by Crippen LogP contribution is 2.23. The summed E-state index contributed by atoms with van der Waals surface area (Å²) in [5.41, 5.74) is 4.75. The van der Waals surface area contributed by atoms with Crippen LogP contribution in [0, 0.1) is 0 Å². The molecular formula is C27H30N2O. The van der Waals surface area contributed by atoms with Crippen molar-refractivity contribution >= 4 is 5.91 Å². The third-order valence-electron chi connectivity index (χ3n) is 5.92. The molecule has 30 heavy (non-hydrogen) atoms. The molecule has 0 aromatic heterocycles. The summed E-state index contributed by atoms with van der Waals surface area (Å²) in [5, 5.41) is 0. The van der Waals surface area contributed by atoms with Crippen molar-refractivity contribution in [2.45, 2.75) is 38.9 Å². The lowest BCUT2D eigenvalue weighted by atomic mass is 10.0. The molecule has 0 saturated carbocycles. The van der Waals surface area contributed by atoms with Gasteiger partial charge in [-0.25, -0.2) is 0 Å². The number of benzene rings is 3. The molecule has 0 radical (unpaired) electrons. The number of piperazine rings is 1. The minimum absolute atomic E-state index is 0.210. The Morgan fingerprint density at radius 1 is 0.767 bits per heavy atom. The van der Waals surface area contributed by atoms with Gasteiger partial charge in [-0.15, -0.1) is 0 Å². The molecule has 0 unspecified atom stereocenters. The highest BCUT2D eigenvalue weighted by Gasteiger charge is 2.32. The van der Waals surface area contributed by atoms with E-state index in [9.17, 15) is 4.79 Å². The number of nitrogens with zero attached hydrogens (tertiary/aromatic N) is 2. The van der Waals surface area contributed by atoms with Gasteiger partial charge in [-0.05, 0) is 36.1 Å². The molecule has 0 N–H and O–H groups in total. The van der Waals surface area contributed by atoms with Gasteiger partial charge in [-0.1, -0.05) is 84.9 Å². The Hall–Kier alpha value is -2.91. The first kappa shape index (κ1) is 20.4. The second-order valence-corrected chi connectivity index (χ2v) is 8.42. The SMILES string of the molecule is C[C@@H]1CN(Cc2ccccc2)C[C@H](C)N1C(=O)Cc1cccc(-c2ccccc2)c1. The van der Waals surface area contributed by atoms with E-state index < -0.39 is 0 Å². The number of rotatable bonds is 5. The molecule has 1 aliphatic heterocycles. The van der Waals surface area contributed by atoms with Gasteiger partial charge in [0, 0.05) is 31.7 Å². The predicted molar refractivity (Wildman–Crippen MR) is 123 cm³/mol. The lowest BCUT2D eigenvalue weighted by molar-refractivity contribution is -0.138. The van der Waals surface area contributed by atoms with Crippen molar-refractivity contribution in [2.75, 3.05) is 13.1 Å². The van der Waals surface area contributed by atoms with Gasteiger partial charge >= 0.3 is 0 Å². The molecule has 0 spiro atoms. The Labute approximate surface area is 180 Å². The second kappa shape index (κ2) is 9.27. The van der Waals surface area contributed by atoms with Crippen LogP contribution in [0.4, 0.5) is 0 Å². The van der Waals surface area contributed by atoms with Crippen LogP contribution in [0.5, 0.6) is 0 Å². The molecule has 0 bridgehead atoms. The first-order chi connectivity index (χ1) is 14.6. The van der Waals surface area contributed by atoms with Crippen LogP contribution in [-0.4, -0.2) is 40.9 Å². The highest BCUT2D eigenvalue weighted by atomic mass is 16.2. The molecule has 1 fully saturated rings. The van der Waals surface area contributed by atoms with E-state index in [-0.39, 0.29) is 18.0 Å². The first-order valence-corrected chi connectivity index (χ1v) is 10.8. The Kier molecular flexibility index (Phi) is 6.29. The van der Waals surface area contributed by atoms with E-state index >= 15 is 0 Å². The molecule has 1 amide bonds. The van der Waals surface area contributed by atoms with Crippen molar-refractivity contribution in [1.82, 2.24) is 9.80 Å². The van der Waals surface area contributed by atoms with E-state index in [4.69, 9.17) is 0 Å². The van der Waals surface area contributed by atoms with Gasteiger partial charge in [0.2, 0.25) is 5.91 Å². The Morgan fingerprint density at radius 3 is 2.00 bits per heavy atom. The van der Waals surface area contributed by atoms with Crippen molar-refractivity contribution in [3.05, 3.63) is 96.1 Å². The van der Waals surface area contributed by atoms with Crippen molar-refractivity contribution in [3.8, 4) is 11.1 Å². The lowest BCUT2D eigenvalue weighted by Gasteiger charge is -2.44. The van der Waals surface area contributed by atoms with Gasteiger partial charge in [-0.2, -0.15) is 0 Å². The minimum Gasteiger partial charge on any atom is -0.334 e. The van der Waals surface area contributed by atoms with Crippen LogP contribution in [0.25, 0.3) is 11.1 Å². The molecule has 3 aromatic rings. The Bertz CT molecular complexity index is 958. The molecule has 4 rings (SSSR count). The average molecular weight is 399 g/mol. The zero-order valence-electron chi connectivity index (χ0n) is 17.9. The van der Waals surface area contributed by atoms with E-state index in [1.807, 2.05) is 18.2 Å². The number of hydrogen-bond donors (Lipinski definition) is 0. The first-order valence-electron chi connectivity index (χ1n) is 10.8. The monoisotopic (exact) mass is 398 g/mol. The van der Waals surface area contributed by atoms with Crippen molar-refractivity contribution in [1.29, 1.82) is 0 Å². The van der Waals surface area contributed by atoms with Crippen LogP contribution in [-0.2, 0) is 17.8 Å². The van der Waals surface area contributed by atoms with Crippen LogP contribution in [0.2, 0.25) is 0 Å². The van der Waals surface area contributed by atoms with E-state index in [0.29, 0.717) is 6.42 Å². The summed E-state index contributed by atoms with van der Waals surface area (Å²) >= 11 is 0. The molecular weight excluding hydrogens is 368 g/mol. The maximum absolute atomic E-state index is 13.2. The van der Waals surface area contributed by atoms with Crippen LogP contribution in [0.15, 0.2) is 84.9 Å². The molecule has 2 atom stereocenters. The summed E-state index contributed by atoms with van der Waals surface area (Å²) in [7, 11) is 0. The molecule has 1 aliphatic rings. The minimum atomic E-state index is 0.210. The van der Waals surface area contributed by atoms with Gasteiger partial charge < -0.3 is 4.90 Å². The number of amides is 1. The molecule has 154 valence electrons. The Morgan fingerprint density at radius 2 is 1.33 bits per heavy atom. The number of carbonyl (C=O) groups is 1. The van der Waals surface area contributed by atoms with Gasteiger partial charge in [0.15, 0.2) is 0 Å². The van der Waals surface area contributed by atoms with Crippen molar-refractivity contribution in [2.24, 2.45) is 0 Å². The maximum atomic E-state index is 13.2. The number of hydrogen-bond acceptors (Lipinski definition) is 2. The van der Waals surface area contributed by atoms with Gasteiger partial charge in [0.25, 0.3) is 0 Å². The summed E-state index contributed by atoms with van der Waals surface area (Å²) in [6, 6.07) is 29.7. The zero-order chi connectivity index (χ0) is 20.9. The fourth-order valence-corrected chi connectivity index (χ4v) is 4.65. The standard InChI is InChI=1S/C27H30N2O/c1-21-18-28(20-23-10-5-3-6-11-23)19-22(2)29(21)27(30)17-24-12-9-15-26(16-24)25-13-7-4-8-14-25/h3-16,21-22H,17-20H2,1-2H3/t21-,22+. The second-order valence-electron chi connectivity index (χ2n) is 8.42. The van der Waals surface area contributed by atoms with Crippen LogP contribution >= 0.6 is 0 Å². The van der Waals surface area contributed by atoms with Gasteiger partial charge in [0.05, 0.1) is 6.42 Å². The molecule has 0 aliphatic carbocycles. The highest BCUT2D eigenvalue weighted by molar-refractivity contribution is 5.80. The average Bonchev–Trinajstić information content (AvgIpc) is 2.75. The quantitative estimate of drug-likeness (QED) is 0.603. The van der Waals surface area contributed by atoms with Gasteiger partial charge in [0.1, 0.15) is 0 Å². The van der Waals surface area contributed by atoms with E-state index in [2.05, 4.69) is 90.4 Å². The van der Waals surface area contributed by atoms with Crippen LogP contribution < -0.4 is 0 Å². The molecule has 3 aromatic carbocycles. The van der Waals surface area contributed by atoms with Gasteiger partial charge in [-0.3, -0.25) is 9.69 Å². The van der Waals surface area contributed by atoms with E-state index in [1.54, 1.807) is 0 Å². The third-order valence-corrected chi connectivity index (χ3v) is 5.92. The largest absolute Gasteiger partial charge is 0.334 e. The molecule has 3 nitrogen and oxygen atoms in total. The van der Waals surface area contributed by atoms with Crippen LogP contribution in [0.1, 0.15) is 25.0 Å². The predicted octanol–water partition coefficient (Wildman–Crippen LogP) is 5.02. The maximum Gasteiger partial charge on any atom is 0.227 e. The fraction of sp³-hybridized carbons (Fsp3) is 0.296. The van der Waals surface area contributed by atoms with E-state index in [1.165, 1.54) is 11.1 Å². The summed E-state index contributed by atoms with van der Waals surface area (Å²) in [6.45, 7) is 7.11. The van der Waals surface area contributed by atoms with Crippen molar-refractivity contribution < 1.29 is 4.79 Å². The zero-order valence-corrected chi connectivity index (χ0v) is 17.9. The summed E-state index contributed by atoms with van der Waals surface area (Å²) in [5.74, 6) is 0.222. The third kappa shape index (κ3) is 4.80. The summed E-state index contributed by atoms with van der Waals surface area (Å²) < 4.78 is 0. The summed E-state index contributed by atoms with van der Waals surface area (Å²) in [4.78, 5) is 17.8. The van der Waals surface area contributed by atoms with Crippen LogP contribution in [0.3, 0.4) is 0 Å². The normalized spacial score (nSPS) is 19.6. The fourth-order valence-electron chi connectivity index (χ4n) is 4.65. The van der Waals surface area contributed by atoms with E-state index in [0.717, 1.165) is 30.8 Å².